The summed E-state index contributed by atoms with van der Waals surface area (Å²) < 4.78 is 24.4. The average Bonchev–Trinajstić information content (AvgIpc) is 2.16. The van der Waals surface area contributed by atoms with Gasteiger partial charge in [0.25, 0.3) is 6.43 Å². The van der Waals surface area contributed by atoms with Crippen LogP contribution in [0, 0.1) is 0 Å². The maximum absolute atomic E-state index is 12.2. The first kappa shape index (κ1) is 11.6. The number of nitrogens with two attached hydrogens (primary N) is 1. The molecule has 0 saturated heterocycles. The zero-order valence-electron chi connectivity index (χ0n) is 8.11. The maximum atomic E-state index is 12.2. The number of halogens is 2. The first-order chi connectivity index (χ1) is 7.13. The standard InChI is InChI=1S/C9H13F2N3O/c10-9(11)6-14(1-2-15)8-3-7(12)4-13-5-8/h3-5,9,15H,1-2,6,12H2. The van der Waals surface area contributed by atoms with E-state index in [1.54, 1.807) is 6.07 Å². The molecule has 6 heteroatoms. The van der Waals surface area contributed by atoms with Crippen LogP contribution in [0.25, 0.3) is 0 Å². The quantitative estimate of drug-likeness (QED) is 0.763. The monoisotopic (exact) mass is 217 g/mol. The Bertz CT molecular complexity index is 309. The van der Waals surface area contributed by atoms with Crippen molar-refractivity contribution in [2.24, 2.45) is 0 Å². The predicted octanol–water partition coefficient (Wildman–Crippen LogP) is 0.728. The first-order valence-corrected chi connectivity index (χ1v) is 4.48. The largest absolute Gasteiger partial charge is 0.397 e. The molecule has 0 radical (unpaired) electrons. The van der Waals surface area contributed by atoms with Crippen molar-refractivity contribution in [1.29, 1.82) is 0 Å². The van der Waals surface area contributed by atoms with Crippen LogP contribution < -0.4 is 10.6 Å². The highest BCUT2D eigenvalue weighted by molar-refractivity contribution is 5.53. The molecule has 0 spiro atoms. The number of nitrogen functional groups attached to an aromatic ring is 1. The van der Waals surface area contributed by atoms with Gasteiger partial charge in [0.15, 0.2) is 0 Å². The molecule has 0 unspecified atom stereocenters. The van der Waals surface area contributed by atoms with Crippen molar-refractivity contribution in [2.75, 3.05) is 30.3 Å². The second-order valence-corrected chi connectivity index (χ2v) is 3.04. The van der Waals surface area contributed by atoms with E-state index in [1.165, 1.54) is 17.3 Å². The fourth-order valence-corrected chi connectivity index (χ4v) is 1.23. The number of aliphatic hydroxyl groups is 1. The molecule has 4 nitrogen and oxygen atoms in total. The van der Waals surface area contributed by atoms with Crippen molar-refractivity contribution in [3.05, 3.63) is 18.5 Å². The van der Waals surface area contributed by atoms with Gasteiger partial charge in [-0.25, -0.2) is 8.78 Å². The molecule has 0 fully saturated rings. The van der Waals surface area contributed by atoms with E-state index in [0.717, 1.165) is 0 Å². The molecule has 0 aromatic carbocycles. The van der Waals surface area contributed by atoms with Crippen molar-refractivity contribution in [1.82, 2.24) is 4.98 Å². The summed E-state index contributed by atoms with van der Waals surface area (Å²) in [5, 5.41) is 8.74. The Morgan fingerprint density at radius 2 is 2.20 bits per heavy atom. The minimum atomic E-state index is -2.46. The van der Waals surface area contributed by atoms with Gasteiger partial charge >= 0.3 is 0 Å². The van der Waals surface area contributed by atoms with Crippen LogP contribution in [0.15, 0.2) is 18.5 Å². The Hall–Kier alpha value is -1.43. The molecule has 0 atom stereocenters. The Kier molecular flexibility index (Phi) is 4.23. The Labute approximate surface area is 86.3 Å². The molecule has 0 aliphatic rings. The van der Waals surface area contributed by atoms with E-state index in [0.29, 0.717) is 11.4 Å². The zero-order chi connectivity index (χ0) is 11.3. The molecular weight excluding hydrogens is 204 g/mol. The normalized spacial score (nSPS) is 10.7. The molecule has 1 aromatic rings. The van der Waals surface area contributed by atoms with Gasteiger partial charge in [-0.1, -0.05) is 0 Å². The van der Waals surface area contributed by atoms with Crippen LogP contribution in [0.4, 0.5) is 20.2 Å². The minimum Gasteiger partial charge on any atom is -0.397 e. The number of aromatic nitrogens is 1. The van der Waals surface area contributed by atoms with Gasteiger partial charge in [0.05, 0.1) is 30.7 Å². The van der Waals surface area contributed by atoms with Crippen molar-refractivity contribution in [3.63, 3.8) is 0 Å². The fourth-order valence-electron chi connectivity index (χ4n) is 1.23. The Morgan fingerprint density at radius 1 is 1.47 bits per heavy atom. The summed E-state index contributed by atoms with van der Waals surface area (Å²) >= 11 is 0. The molecule has 1 aromatic heterocycles. The average molecular weight is 217 g/mol. The van der Waals surface area contributed by atoms with Crippen molar-refractivity contribution < 1.29 is 13.9 Å². The van der Waals surface area contributed by atoms with Crippen LogP contribution in [0.2, 0.25) is 0 Å². The van der Waals surface area contributed by atoms with E-state index in [2.05, 4.69) is 4.98 Å². The summed E-state index contributed by atoms with van der Waals surface area (Å²) in [5.41, 5.74) is 6.38. The number of alkyl halides is 2. The third-order valence-corrected chi connectivity index (χ3v) is 1.84. The van der Waals surface area contributed by atoms with Crippen molar-refractivity contribution >= 4 is 11.4 Å². The SMILES string of the molecule is Nc1cncc(N(CCO)CC(F)F)c1. The lowest BCUT2D eigenvalue weighted by atomic mass is 10.3. The van der Waals surface area contributed by atoms with Gasteiger partial charge in [0.2, 0.25) is 0 Å². The summed E-state index contributed by atoms with van der Waals surface area (Å²) in [6.45, 7) is -0.497. The molecular formula is C9H13F2N3O. The van der Waals surface area contributed by atoms with E-state index in [1.807, 2.05) is 0 Å². The van der Waals surface area contributed by atoms with E-state index < -0.39 is 13.0 Å². The summed E-state index contributed by atoms with van der Waals surface area (Å²) in [5.74, 6) is 0. The lowest BCUT2D eigenvalue weighted by Crippen LogP contribution is -2.31. The topological polar surface area (TPSA) is 62.4 Å². The lowest BCUT2D eigenvalue weighted by molar-refractivity contribution is 0.153. The number of hydrogen-bond donors (Lipinski definition) is 2. The minimum absolute atomic E-state index is 0.134. The number of aliphatic hydroxyl groups excluding tert-OH is 1. The van der Waals surface area contributed by atoms with Crippen LogP contribution in [0.5, 0.6) is 0 Å². The number of rotatable bonds is 5. The van der Waals surface area contributed by atoms with Gasteiger partial charge in [-0.15, -0.1) is 0 Å². The van der Waals surface area contributed by atoms with E-state index in [4.69, 9.17) is 10.8 Å². The smallest absolute Gasteiger partial charge is 0.255 e. The van der Waals surface area contributed by atoms with Crippen LogP contribution in [-0.4, -0.2) is 36.2 Å². The van der Waals surface area contributed by atoms with Gasteiger partial charge in [-0.3, -0.25) is 4.98 Å². The van der Waals surface area contributed by atoms with Crippen LogP contribution in [0.1, 0.15) is 0 Å². The van der Waals surface area contributed by atoms with E-state index in [-0.39, 0.29) is 13.2 Å². The molecule has 1 rings (SSSR count). The van der Waals surface area contributed by atoms with Crippen molar-refractivity contribution in [3.8, 4) is 0 Å². The number of pyridine rings is 1. The van der Waals surface area contributed by atoms with Gasteiger partial charge in [0.1, 0.15) is 0 Å². The number of hydrogen-bond acceptors (Lipinski definition) is 4. The molecule has 3 N–H and O–H groups in total. The van der Waals surface area contributed by atoms with Crippen molar-refractivity contribution in [2.45, 2.75) is 6.43 Å². The first-order valence-electron chi connectivity index (χ1n) is 4.48. The van der Waals surface area contributed by atoms with Crippen LogP contribution >= 0.6 is 0 Å². The third-order valence-electron chi connectivity index (χ3n) is 1.84. The lowest BCUT2D eigenvalue weighted by Gasteiger charge is -2.23. The maximum Gasteiger partial charge on any atom is 0.255 e. The van der Waals surface area contributed by atoms with Crippen LogP contribution in [0.3, 0.4) is 0 Å². The molecule has 0 bridgehead atoms. The van der Waals surface area contributed by atoms with Gasteiger partial charge < -0.3 is 15.7 Å². The molecule has 0 amide bonds. The highest BCUT2D eigenvalue weighted by atomic mass is 19.3. The Morgan fingerprint density at radius 3 is 2.73 bits per heavy atom. The van der Waals surface area contributed by atoms with E-state index in [9.17, 15) is 8.78 Å². The number of anilines is 2. The highest BCUT2D eigenvalue weighted by Crippen LogP contribution is 2.16. The molecule has 0 aliphatic heterocycles. The summed E-state index contributed by atoms with van der Waals surface area (Å²) in [4.78, 5) is 5.14. The summed E-state index contributed by atoms with van der Waals surface area (Å²) in [6, 6.07) is 1.55. The second-order valence-electron chi connectivity index (χ2n) is 3.04. The molecule has 0 saturated carbocycles. The van der Waals surface area contributed by atoms with Crippen LogP contribution in [-0.2, 0) is 0 Å². The zero-order valence-corrected chi connectivity index (χ0v) is 8.11. The number of nitrogens with zero attached hydrogens (tertiary/aromatic N) is 2. The summed E-state index contributed by atoms with van der Waals surface area (Å²) in [6.07, 6.45) is 0.412. The van der Waals surface area contributed by atoms with Gasteiger partial charge in [-0.05, 0) is 6.07 Å². The van der Waals surface area contributed by atoms with Gasteiger partial charge in [-0.2, -0.15) is 0 Å². The van der Waals surface area contributed by atoms with E-state index >= 15 is 0 Å². The van der Waals surface area contributed by atoms with Gasteiger partial charge in [0, 0.05) is 12.7 Å². The summed E-state index contributed by atoms with van der Waals surface area (Å²) in [7, 11) is 0. The molecule has 84 valence electrons. The fraction of sp³-hybridized carbons (Fsp3) is 0.444. The third kappa shape index (κ3) is 3.67. The second kappa shape index (κ2) is 5.45. The predicted molar refractivity (Wildman–Crippen MR) is 54.0 cm³/mol. The molecule has 15 heavy (non-hydrogen) atoms. The molecule has 0 aliphatic carbocycles. The molecule has 1 heterocycles. The Balaban J connectivity index is 2.78. The highest BCUT2D eigenvalue weighted by Gasteiger charge is 2.12.